The molecule has 0 amide bonds. The molecule has 0 N–H and O–H groups in total. The lowest BCUT2D eigenvalue weighted by Crippen LogP contribution is -2.01. The van der Waals surface area contributed by atoms with Crippen molar-refractivity contribution >= 4 is 21.9 Å². The fourth-order valence-corrected chi connectivity index (χ4v) is 1.90. The smallest absolute Gasteiger partial charge is 0.206 e. The number of hydrogen-bond acceptors (Lipinski definition) is 4. The van der Waals surface area contributed by atoms with E-state index < -0.39 is 0 Å². The van der Waals surface area contributed by atoms with Crippen LogP contribution in [0.5, 0.6) is 5.75 Å². The molecule has 4 heteroatoms. The number of rotatable bonds is 1. The SMILES string of the molecule is COc1c2occc2[c]c2c(=O)cc(C)oc12. The monoisotopic (exact) mass is 229 g/mol. The molecular weight excluding hydrogens is 220 g/mol. The largest absolute Gasteiger partial charge is 0.490 e. The number of aryl methyl sites for hydroxylation is 1. The van der Waals surface area contributed by atoms with E-state index in [1.54, 1.807) is 13.0 Å². The Balaban J connectivity index is 2.63. The summed E-state index contributed by atoms with van der Waals surface area (Å²) in [5.74, 6) is 0.958. The van der Waals surface area contributed by atoms with Crippen LogP contribution in [0.2, 0.25) is 0 Å². The first-order valence-electron chi connectivity index (χ1n) is 5.11. The van der Waals surface area contributed by atoms with Crippen LogP contribution in [-0.2, 0) is 0 Å². The zero-order chi connectivity index (χ0) is 12.0. The Morgan fingerprint density at radius 3 is 2.94 bits per heavy atom. The van der Waals surface area contributed by atoms with E-state index in [9.17, 15) is 4.79 Å². The lowest BCUT2D eigenvalue weighted by atomic mass is 10.1. The van der Waals surface area contributed by atoms with Gasteiger partial charge in [-0.1, -0.05) is 0 Å². The molecular formula is C13H9O4. The molecule has 0 aliphatic rings. The van der Waals surface area contributed by atoms with Gasteiger partial charge in [0.25, 0.3) is 0 Å². The Kier molecular flexibility index (Phi) is 1.98. The van der Waals surface area contributed by atoms with E-state index >= 15 is 0 Å². The molecule has 2 heterocycles. The maximum Gasteiger partial charge on any atom is 0.206 e. The molecule has 4 nitrogen and oxygen atoms in total. The van der Waals surface area contributed by atoms with Crippen LogP contribution < -0.4 is 10.2 Å². The third kappa shape index (κ3) is 1.34. The van der Waals surface area contributed by atoms with E-state index in [4.69, 9.17) is 13.6 Å². The highest BCUT2D eigenvalue weighted by atomic mass is 16.5. The van der Waals surface area contributed by atoms with Gasteiger partial charge < -0.3 is 13.6 Å². The second-order valence-corrected chi connectivity index (χ2v) is 3.75. The highest BCUT2D eigenvalue weighted by Gasteiger charge is 2.15. The first-order chi connectivity index (χ1) is 8.20. The van der Waals surface area contributed by atoms with Gasteiger partial charge in [-0.15, -0.1) is 0 Å². The van der Waals surface area contributed by atoms with E-state index in [-0.39, 0.29) is 5.43 Å². The van der Waals surface area contributed by atoms with Gasteiger partial charge in [-0.25, -0.2) is 0 Å². The van der Waals surface area contributed by atoms with Crippen LogP contribution in [0.25, 0.3) is 21.9 Å². The molecule has 0 aliphatic carbocycles. The molecule has 0 saturated heterocycles. The fraction of sp³-hybridized carbons (Fsp3) is 0.154. The van der Waals surface area contributed by atoms with E-state index in [1.165, 1.54) is 19.4 Å². The molecule has 2 aromatic heterocycles. The Morgan fingerprint density at radius 1 is 1.35 bits per heavy atom. The molecule has 3 rings (SSSR count). The number of fused-ring (bicyclic) bond motifs is 2. The quantitative estimate of drug-likeness (QED) is 0.643. The number of furan rings is 1. The van der Waals surface area contributed by atoms with Crippen molar-refractivity contribution in [3.05, 3.63) is 40.4 Å². The van der Waals surface area contributed by atoms with Gasteiger partial charge in [0.2, 0.25) is 5.75 Å². The molecule has 0 aliphatic heterocycles. The zero-order valence-corrected chi connectivity index (χ0v) is 9.37. The molecule has 0 atom stereocenters. The molecule has 85 valence electrons. The van der Waals surface area contributed by atoms with Crippen molar-refractivity contribution in [1.82, 2.24) is 0 Å². The predicted octanol–water partition coefficient (Wildman–Crippen LogP) is 2.66. The summed E-state index contributed by atoms with van der Waals surface area (Å²) in [6.45, 7) is 1.71. The summed E-state index contributed by atoms with van der Waals surface area (Å²) in [6, 6.07) is 6.15. The van der Waals surface area contributed by atoms with E-state index in [0.717, 1.165) is 0 Å². The summed E-state index contributed by atoms with van der Waals surface area (Å²) < 4.78 is 16.1. The average Bonchev–Trinajstić information content (AvgIpc) is 2.74. The van der Waals surface area contributed by atoms with E-state index in [1.807, 2.05) is 0 Å². The third-order valence-corrected chi connectivity index (χ3v) is 2.61. The zero-order valence-electron chi connectivity index (χ0n) is 9.37. The van der Waals surface area contributed by atoms with Crippen LogP contribution >= 0.6 is 0 Å². The van der Waals surface area contributed by atoms with Crippen molar-refractivity contribution in [2.24, 2.45) is 0 Å². The van der Waals surface area contributed by atoms with Crippen LogP contribution in [0.4, 0.5) is 0 Å². The summed E-state index contributed by atoms with van der Waals surface area (Å²) >= 11 is 0. The second-order valence-electron chi connectivity index (χ2n) is 3.75. The molecule has 0 bridgehead atoms. The number of methoxy groups -OCH3 is 1. The average molecular weight is 229 g/mol. The predicted molar refractivity (Wildman–Crippen MR) is 62.4 cm³/mol. The Labute approximate surface area is 96.4 Å². The lowest BCUT2D eigenvalue weighted by Gasteiger charge is -2.05. The molecule has 0 unspecified atom stereocenters. The summed E-state index contributed by atoms with van der Waals surface area (Å²) in [4.78, 5) is 11.9. The van der Waals surface area contributed by atoms with E-state index in [2.05, 4.69) is 6.07 Å². The third-order valence-electron chi connectivity index (χ3n) is 2.61. The van der Waals surface area contributed by atoms with Gasteiger partial charge in [0.05, 0.1) is 18.8 Å². The van der Waals surface area contributed by atoms with Crippen LogP contribution in [0, 0.1) is 13.0 Å². The van der Waals surface area contributed by atoms with Gasteiger partial charge in [0, 0.05) is 17.5 Å². The topological polar surface area (TPSA) is 52.6 Å². The van der Waals surface area contributed by atoms with Crippen molar-refractivity contribution in [3.8, 4) is 5.75 Å². The molecule has 17 heavy (non-hydrogen) atoms. The maximum absolute atomic E-state index is 11.9. The fourth-order valence-electron chi connectivity index (χ4n) is 1.90. The molecule has 1 aromatic carbocycles. The molecule has 1 radical (unpaired) electrons. The molecule has 0 spiro atoms. The van der Waals surface area contributed by atoms with Crippen molar-refractivity contribution in [2.75, 3.05) is 7.11 Å². The number of hydrogen-bond donors (Lipinski definition) is 0. The Bertz CT molecular complexity index is 764. The van der Waals surface area contributed by atoms with Crippen molar-refractivity contribution in [3.63, 3.8) is 0 Å². The molecule has 3 aromatic rings. The number of ether oxygens (including phenoxy) is 1. The van der Waals surface area contributed by atoms with Gasteiger partial charge in [-0.3, -0.25) is 4.79 Å². The molecule has 0 saturated carbocycles. The summed E-state index contributed by atoms with van der Waals surface area (Å²) in [5.41, 5.74) is 0.777. The van der Waals surface area contributed by atoms with Crippen LogP contribution in [0.1, 0.15) is 5.76 Å². The Morgan fingerprint density at radius 2 is 2.18 bits per heavy atom. The van der Waals surface area contributed by atoms with Gasteiger partial charge in [0.15, 0.2) is 16.6 Å². The summed E-state index contributed by atoms with van der Waals surface area (Å²) in [5, 5.41) is 1.08. The van der Waals surface area contributed by atoms with Gasteiger partial charge in [-0.05, 0) is 13.0 Å². The first kappa shape index (κ1) is 9.96. The minimum atomic E-state index is -0.134. The number of benzene rings is 1. The maximum atomic E-state index is 11.9. The summed E-state index contributed by atoms with van der Waals surface area (Å²) in [6.07, 6.45) is 1.53. The highest BCUT2D eigenvalue weighted by molar-refractivity contribution is 5.99. The summed E-state index contributed by atoms with van der Waals surface area (Å²) in [7, 11) is 1.51. The van der Waals surface area contributed by atoms with Crippen molar-refractivity contribution in [1.29, 1.82) is 0 Å². The molecule has 0 fully saturated rings. The van der Waals surface area contributed by atoms with Crippen LogP contribution in [0.3, 0.4) is 0 Å². The van der Waals surface area contributed by atoms with Gasteiger partial charge in [0.1, 0.15) is 5.76 Å². The van der Waals surface area contributed by atoms with Crippen molar-refractivity contribution < 1.29 is 13.6 Å². The minimum absolute atomic E-state index is 0.134. The van der Waals surface area contributed by atoms with Crippen LogP contribution in [-0.4, -0.2) is 7.11 Å². The second kappa shape index (κ2) is 3.38. The van der Waals surface area contributed by atoms with Gasteiger partial charge >= 0.3 is 0 Å². The minimum Gasteiger partial charge on any atom is -0.490 e. The lowest BCUT2D eigenvalue weighted by molar-refractivity contribution is 0.403. The van der Waals surface area contributed by atoms with E-state index in [0.29, 0.717) is 33.4 Å². The van der Waals surface area contributed by atoms with Gasteiger partial charge in [-0.2, -0.15) is 0 Å². The first-order valence-corrected chi connectivity index (χ1v) is 5.11. The Hall–Kier alpha value is -2.23. The van der Waals surface area contributed by atoms with Crippen LogP contribution in [0.15, 0.2) is 32.0 Å². The standard InChI is InChI=1S/C13H9O4/c1-7-5-10(14)9-6-8-3-4-16-11(8)13(15-2)12(9)17-7/h3-5H,1-2H3. The van der Waals surface area contributed by atoms with Crippen molar-refractivity contribution in [2.45, 2.75) is 6.92 Å². The highest BCUT2D eigenvalue weighted by Crippen LogP contribution is 2.33. The normalized spacial score (nSPS) is 11.2.